The van der Waals surface area contributed by atoms with Crippen LogP contribution in [0.25, 0.3) is 0 Å². The van der Waals surface area contributed by atoms with Crippen LogP contribution < -0.4 is 0 Å². The molecule has 0 bridgehead atoms. The second kappa shape index (κ2) is 7.09. The molecule has 0 aromatic rings. The summed E-state index contributed by atoms with van der Waals surface area (Å²) in [5.74, 6) is -0.163. The molecule has 14 heavy (non-hydrogen) atoms. The monoisotopic (exact) mass is 320 g/mol. The molecule has 6 heteroatoms. The fraction of sp³-hybridized carbons (Fsp3) is 0.875. The number of ether oxygens (including phenoxy) is 1. The highest BCUT2D eigenvalue weighted by atomic mass is 79.9. The Kier molecular flexibility index (Phi) is 7.47. The molecule has 0 amide bonds. The van der Waals surface area contributed by atoms with E-state index in [1.165, 1.54) is 0 Å². The third-order valence-corrected chi connectivity index (χ3v) is 4.78. The lowest BCUT2D eigenvalue weighted by Gasteiger charge is -2.15. The molecule has 0 spiro atoms. The molecular weight excluding hydrogens is 307 g/mol. The Balaban J connectivity index is 3.63. The van der Waals surface area contributed by atoms with Gasteiger partial charge >= 0.3 is 5.97 Å². The maximum atomic E-state index is 11.0. The molecule has 1 atom stereocenters. The van der Waals surface area contributed by atoms with Crippen LogP contribution in [0.4, 0.5) is 0 Å². The molecule has 0 fully saturated rings. The summed E-state index contributed by atoms with van der Waals surface area (Å²) in [7, 11) is 0. The van der Waals surface area contributed by atoms with E-state index in [1.807, 2.05) is 13.5 Å². The summed E-state index contributed by atoms with van der Waals surface area (Å²) < 4.78 is 5.01. The predicted octanol–water partition coefficient (Wildman–Crippen LogP) is 3.64. The zero-order valence-corrected chi connectivity index (χ0v) is 12.5. The maximum absolute atomic E-state index is 11.0. The van der Waals surface area contributed by atoms with Gasteiger partial charge in [-0.3, -0.25) is 4.79 Å². The van der Waals surface area contributed by atoms with Crippen LogP contribution >= 0.6 is 38.1 Å². The number of alkyl halides is 1. The molecule has 0 rings (SSSR count). The molecule has 0 aliphatic heterocycles. The molecule has 0 aromatic carbocycles. The summed E-state index contributed by atoms with van der Waals surface area (Å²) in [5, 5.41) is 0. The van der Waals surface area contributed by atoms with E-state index >= 15 is 0 Å². The minimum Gasteiger partial charge on any atom is -0.464 e. The summed E-state index contributed by atoms with van der Waals surface area (Å²) >= 11 is 15.3. The number of carbonyl (C=O) groups excluding carboxylic acids is 1. The molecule has 0 saturated carbocycles. The Morgan fingerprint density at radius 2 is 2.14 bits per heavy atom. The van der Waals surface area contributed by atoms with Crippen LogP contribution in [0, 0.1) is 0 Å². The van der Waals surface area contributed by atoms with Crippen LogP contribution in [0.2, 0.25) is 12.6 Å². The minimum absolute atomic E-state index is 0.0648. The Labute approximate surface area is 104 Å². The van der Waals surface area contributed by atoms with E-state index in [9.17, 15) is 4.79 Å². The van der Waals surface area contributed by atoms with Crippen molar-refractivity contribution in [2.75, 3.05) is 6.61 Å². The number of halogens is 3. The Hall–Kier alpha value is 0.747. The van der Waals surface area contributed by atoms with Crippen LogP contribution in [-0.4, -0.2) is 24.1 Å². The highest BCUT2D eigenvalue weighted by Gasteiger charge is 2.25. The van der Waals surface area contributed by atoms with Crippen molar-refractivity contribution in [3.05, 3.63) is 0 Å². The van der Waals surface area contributed by atoms with E-state index in [0.717, 1.165) is 6.42 Å². The van der Waals surface area contributed by atoms with Gasteiger partial charge in [0.2, 0.25) is 6.69 Å². The van der Waals surface area contributed by atoms with Crippen molar-refractivity contribution in [2.45, 2.75) is 37.2 Å². The number of carbonyl (C=O) groups is 1. The van der Waals surface area contributed by atoms with Gasteiger partial charge in [0.05, 0.1) is 0 Å². The molecule has 0 aromatic heterocycles. The molecule has 84 valence electrons. The molecule has 2 nitrogen and oxygen atoms in total. The van der Waals surface area contributed by atoms with Gasteiger partial charge in [0, 0.05) is 11.2 Å². The van der Waals surface area contributed by atoms with E-state index < -0.39 is 6.69 Å². The van der Waals surface area contributed by atoms with Crippen molar-refractivity contribution in [3.8, 4) is 0 Å². The lowest BCUT2D eigenvalue weighted by molar-refractivity contribution is -0.143. The highest BCUT2D eigenvalue weighted by Crippen LogP contribution is 2.25. The number of hydrogen-bond acceptors (Lipinski definition) is 2. The number of esters is 1. The standard InChI is InChI=1S/C8H15BrCl2O2Si/c1-3-4-8(12)13-5-7(9)6-14(2,10)11/h7H,3-6H2,1-2H3. The molecule has 0 heterocycles. The molecular formula is C8H15BrCl2O2Si. The largest absolute Gasteiger partial charge is 0.464 e. The third-order valence-electron chi connectivity index (χ3n) is 1.46. The van der Waals surface area contributed by atoms with Gasteiger partial charge < -0.3 is 4.74 Å². The fourth-order valence-electron chi connectivity index (χ4n) is 0.908. The van der Waals surface area contributed by atoms with Crippen molar-refractivity contribution in [3.63, 3.8) is 0 Å². The van der Waals surface area contributed by atoms with Crippen LogP contribution in [0.5, 0.6) is 0 Å². The summed E-state index contributed by atoms with van der Waals surface area (Å²) in [5.41, 5.74) is 0. The van der Waals surface area contributed by atoms with Crippen molar-refractivity contribution in [1.82, 2.24) is 0 Å². The average molecular weight is 322 g/mol. The normalized spacial score (nSPS) is 13.8. The Morgan fingerprint density at radius 1 is 1.57 bits per heavy atom. The Bertz CT molecular complexity index is 185. The molecule has 0 saturated heterocycles. The van der Waals surface area contributed by atoms with Gasteiger partial charge in [0.15, 0.2) is 0 Å². The smallest absolute Gasteiger partial charge is 0.305 e. The third kappa shape index (κ3) is 9.31. The first-order valence-corrected chi connectivity index (χ1v) is 10.2. The van der Waals surface area contributed by atoms with Gasteiger partial charge in [-0.05, 0) is 19.0 Å². The fourth-order valence-corrected chi connectivity index (χ4v) is 6.11. The van der Waals surface area contributed by atoms with E-state index in [-0.39, 0.29) is 10.8 Å². The first kappa shape index (κ1) is 14.7. The molecule has 0 aliphatic carbocycles. The summed E-state index contributed by atoms with van der Waals surface area (Å²) in [4.78, 5) is 11.1. The zero-order valence-electron chi connectivity index (χ0n) is 8.36. The predicted molar refractivity (Wildman–Crippen MR) is 66.7 cm³/mol. The van der Waals surface area contributed by atoms with Gasteiger partial charge in [-0.1, -0.05) is 22.9 Å². The summed E-state index contributed by atoms with van der Waals surface area (Å²) in [6.07, 6.45) is 1.28. The van der Waals surface area contributed by atoms with Crippen LogP contribution in [-0.2, 0) is 9.53 Å². The number of hydrogen-bond donors (Lipinski definition) is 0. The highest BCUT2D eigenvalue weighted by molar-refractivity contribution is 9.09. The van der Waals surface area contributed by atoms with Crippen LogP contribution in [0.15, 0.2) is 0 Å². The zero-order chi connectivity index (χ0) is 11.2. The molecule has 1 unspecified atom stereocenters. The van der Waals surface area contributed by atoms with Gasteiger partial charge in [-0.2, -0.15) is 0 Å². The second-order valence-electron chi connectivity index (χ2n) is 3.30. The van der Waals surface area contributed by atoms with E-state index in [1.54, 1.807) is 0 Å². The molecule has 0 N–H and O–H groups in total. The Morgan fingerprint density at radius 3 is 2.57 bits per heavy atom. The molecule has 0 aliphatic rings. The van der Waals surface area contributed by atoms with E-state index in [4.69, 9.17) is 26.9 Å². The quantitative estimate of drug-likeness (QED) is 0.323. The summed E-state index contributed by atoms with van der Waals surface area (Å²) in [6, 6.07) is 0.676. The summed E-state index contributed by atoms with van der Waals surface area (Å²) in [6.45, 7) is 2.03. The average Bonchev–Trinajstić information content (AvgIpc) is 1.98. The van der Waals surface area contributed by atoms with Crippen LogP contribution in [0.1, 0.15) is 19.8 Å². The number of rotatable bonds is 6. The van der Waals surface area contributed by atoms with E-state index in [0.29, 0.717) is 19.1 Å². The SMILES string of the molecule is CCCC(=O)OCC(Br)C[Si](C)(Cl)Cl. The first-order chi connectivity index (χ1) is 6.35. The lowest BCUT2D eigenvalue weighted by atomic mass is 10.3. The van der Waals surface area contributed by atoms with Gasteiger partial charge in [-0.15, -0.1) is 22.2 Å². The van der Waals surface area contributed by atoms with E-state index in [2.05, 4.69) is 15.9 Å². The second-order valence-corrected chi connectivity index (χ2v) is 12.7. The van der Waals surface area contributed by atoms with Gasteiger partial charge in [0.1, 0.15) is 6.61 Å². The maximum Gasteiger partial charge on any atom is 0.305 e. The van der Waals surface area contributed by atoms with Crippen molar-refractivity contribution in [1.29, 1.82) is 0 Å². The minimum atomic E-state index is -2.10. The van der Waals surface area contributed by atoms with Crippen molar-refractivity contribution in [2.24, 2.45) is 0 Å². The topological polar surface area (TPSA) is 26.3 Å². The van der Waals surface area contributed by atoms with Crippen molar-refractivity contribution >= 4 is 50.8 Å². The first-order valence-electron chi connectivity index (χ1n) is 4.52. The van der Waals surface area contributed by atoms with Crippen molar-refractivity contribution < 1.29 is 9.53 Å². The molecule has 0 radical (unpaired) electrons. The van der Waals surface area contributed by atoms with Gasteiger partial charge in [-0.25, -0.2) is 0 Å². The van der Waals surface area contributed by atoms with Gasteiger partial charge in [0.25, 0.3) is 0 Å². The lowest BCUT2D eigenvalue weighted by Crippen LogP contribution is -2.23. The van der Waals surface area contributed by atoms with Crippen LogP contribution in [0.3, 0.4) is 0 Å².